The van der Waals surface area contributed by atoms with Crippen molar-refractivity contribution in [3.05, 3.63) is 46.4 Å². The number of imidazole rings is 1. The molecule has 0 aliphatic rings. The lowest BCUT2D eigenvalue weighted by atomic mass is 10.1. The van der Waals surface area contributed by atoms with E-state index in [0.717, 1.165) is 22.4 Å². The molecule has 0 bridgehead atoms. The summed E-state index contributed by atoms with van der Waals surface area (Å²) < 4.78 is 1.97. The Bertz CT molecular complexity index is 778. The maximum absolute atomic E-state index is 6.01. The van der Waals surface area contributed by atoms with E-state index >= 15 is 0 Å². The van der Waals surface area contributed by atoms with Crippen LogP contribution in [-0.4, -0.2) is 9.55 Å². The van der Waals surface area contributed by atoms with Crippen LogP contribution in [0.15, 0.2) is 36.4 Å². The fourth-order valence-corrected chi connectivity index (χ4v) is 2.49. The summed E-state index contributed by atoms with van der Waals surface area (Å²) >= 11 is 11.9. The Hall–Kier alpha value is -1.71. The van der Waals surface area contributed by atoms with Crippen LogP contribution in [0.5, 0.6) is 0 Å². The zero-order valence-electron chi connectivity index (χ0n) is 10.2. The van der Waals surface area contributed by atoms with Crippen molar-refractivity contribution in [2.24, 2.45) is 7.05 Å². The smallest absolute Gasteiger partial charge is 0.142 e. The first-order valence-electron chi connectivity index (χ1n) is 5.73. The van der Waals surface area contributed by atoms with Crippen molar-refractivity contribution < 1.29 is 0 Å². The molecule has 0 aliphatic heterocycles. The van der Waals surface area contributed by atoms with Gasteiger partial charge in [-0.3, -0.25) is 0 Å². The topological polar surface area (TPSA) is 43.8 Å². The van der Waals surface area contributed by atoms with Gasteiger partial charge in [0.2, 0.25) is 0 Å². The molecule has 1 aromatic heterocycles. The van der Waals surface area contributed by atoms with E-state index in [1.807, 2.05) is 35.9 Å². The summed E-state index contributed by atoms with van der Waals surface area (Å²) in [6, 6.07) is 11.0. The minimum Gasteiger partial charge on any atom is -0.398 e. The Morgan fingerprint density at radius 2 is 1.74 bits per heavy atom. The molecular formula is C14H11Cl2N3. The highest BCUT2D eigenvalue weighted by Gasteiger charge is 2.12. The van der Waals surface area contributed by atoms with Gasteiger partial charge in [0.15, 0.2) is 0 Å². The minimum absolute atomic E-state index is 0.608. The van der Waals surface area contributed by atoms with Crippen LogP contribution in [-0.2, 0) is 7.05 Å². The summed E-state index contributed by atoms with van der Waals surface area (Å²) in [6.07, 6.45) is 0. The van der Waals surface area contributed by atoms with Crippen LogP contribution < -0.4 is 5.73 Å². The number of aryl methyl sites for hydroxylation is 1. The number of nitrogens with zero attached hydrogens (tertiary/aromatic N) is 2. The van der Waals surface area contributed by atoms with Gasteiger partial charge < -0.3 is 10.3 Å². The molecule has 0 saturated heterocycles. The highest BCUT2D eigenvalue weighted by Crippen LogP contribution is 2.30. The van der Waals surface area contributed by atoms with Gasteiger partial charge in [-0.1, -0.05) is 23.2 Å². The Morgan fingerprint density at radius 3 is 2.47 bits per heavy atom. The highest BCUT2D eigenvalue weighted by molar-refractivity contribution is 6.31. The van der Waals surface area contributed by atoms with Crippen molar-refractivity contribution in [1.82, 2.24) is 9.55 Å². The number of fused-ring (bicyclic) bond motifs is 1. The maximum atomic E-state index is 6.01. The van der Waals surface area contributed by atoms with Crippen LogP contribution >= 0.6 is 23.2 Å². The molecule has 2 aromatic carbocycles. The molecule has 3 aromatic rings. The van der Waals surface area contributed by atoms with Crippen molar-refractivity contribution in [3.63, 3.8) is 0 Å². The third kappa shape index (κ3) is 2.05. The van der Waals surface area contributed by atoms with Crippen molar-refractivity contribution in [2.45, 2.75) is 0 Å². The molecule has 0 aliphatic carbocycles. The van der Waals surface area contributed by atoms with E-state index in [4.69, 9.17) is 28.9 Å². The number of hydrogen-bond acceptors (Lipinski definition) is 2. The van der Waals surface area contributed by atoms with Crippen LogP contribution in [0.4, 0.5) is 5.69 Å². The molecule has 19 heavy (non-hydrogen) atoms. The molecule has 5 heteroatoms. The van der Waals surface area contributed by atoms with E-state index in [9.17, 15) is 0 Å². The normalized spacial score (nSPS) is 11.1. The predicted molar refractivity (Wildman–Crippen MR) is 80.6 cm³/mol. The Balaban J connectivity index is 2.28. The summed E-state index contributed by atoms with van der Waals surface area (Å²) in [5.74, 6) is 0.798. The highest BCUT2D eigenvalue weighted by atomic mass is 35.5. The summed E-state index contributed by atoms with van der Waals surface area (Å²) in [4.78, 5) is 4.60. The molecule has 0 fully saturated rings. The summed E-state index contributed by atoms with van der Waals surface area (Å²) in [5, 5.41) is 1.30. The van der Waals surface area contributed by atoms with E-state index in [-0.39, 0.29) is 0 Å². The lowest BCUT2D eigenvalue weighted by Gasteiger charge is -2.06. The molecule has 0 unspecified atom stereocenters. The first-order chi connectivity index (χ1) is 9.06. The molecule has 0 saturated carbocycles. The third-order valence-electron chi connectivity index (χ3n) is 3.10. The van der Waals surface area contributed by atoms with E-state index in [0.29, 0.717) is 15.7 Å². The number of anilines is 1. The van der Waals surface area contributed by atoms with Crippen LogP contribution in [0.2, 0.25) is 10.0 Å². The van der Waals surface area contributed by atoms with E-state index in [1.165, 1.54) is 0 Å². The summed E-state index contributed by atoms with van der Waals surface area (Å²) in [6.45, 7) is 0. The molecule has 0 atom stereocenters. The number of rotatable bonds is 1. The van der Waals surface area contributed by atoms with Crippen molar-refractivity contribution in [1.29, 1.82) is 0 Å². The molecule has 3 nitrogen and oxygen atoms in total. The molecule has 2 N–H and O–H groups in total. The van der Waals surface area contributed by atoms with Gasteiger partial charge >= 0.3 is 0 Å². The third-order valence-corrected chi connectivity index (χ3v) is 3.57. The Morgan fingerprint density at radius 1 is 1.05 bits per heavy atom. The number of benzene rings is 2. The van der Waals surface area contributed by atoms with Gasteiger partial charge in [-0.05, 0) is 36.4 Å². The van der Waals surface area contributed by atoms with Gasteiger partial charge in [0.05, 0.1) is 11.0 Å². The molecule has 0 radical (unpaired) electrons. The lowest BCUT2D eigenvalue weighted by molar-refractivity contribution is 0.960. The molecule has 3 rings (SSSR count). The molecule has 0 spiro atoms. The Labute approximate surface area is 120 Å². The minimum atomic E-state index is 0.608. The van der Waals surface area contributed by atoms with E-state index in [2.05, 4.69) is 4.98 Å². The number of nitrogens with two attached hydrogens (primary N) is 1. The number of aromatic nitrogens is 2. The van der Waals surface area contributed by atoms with Gasteiger partial charge in [-0.25, -0.2) is 4.98 Å². The summed E-state index contributed by atoms with van der Waals surface area (Å²) in [5.41, 5.74) is 9.33. The standard InChI is InChI=1S/C14H11Cl2N3/c1-19-13-7-9(16)3-5-12(13)18-14(19)10-4-2-8(15)6-11(10)17/h2-7H,17H2,1H3. The number of nitrogen functional groups attached to an aromatic ring is 1. The van der Waals surface area contributed by atoms with Crippen LogP contribution in [0.1, 0.15) is 0 Å². The molecule has 0 amide bonds. The van der Waals surface area contributed by atoms with Gasteiger partial charge in [0, 0.05) is 28.3 Å². The van der Waals surface area contributed by atoms with Crippen LogP contribution in [0.3, 0.4) is 0 Å². The second-order valence-corrected chi connectivity index (χ2v) is 5.23. The second kappa shape index (κ2) is 4.44. The predicted octanol–water partition coefficient (Wildman–Crippen LogP) is 4.13. The molecule has 96 valence electrons. The number of hydrogen-bond donors (Lipinski definition) is 1. The average molecular weight is 292 g/mol. The van der Waals surface area contributed by atoms with E-state index in [1.54, 1.807) is 12.1 Å². The summed E-state index contributed by atoms with van der Waals surface area (Å²) in [7, 11) is 1.94. The quantitative estimate of drug-likeness (QED) is 0.685. The second-order valence-electron chi connectivity index (χ2n) is 4.36. The largest absolute Gasteiger partial charge is 0.398 e. The SMILES string of the molecule is Cn1c(-c2ccc(Cl)cc2N)nc2ccc(Cl)cc21. The average Bonchev–Trinajstić information content (AvgIpc) is 2.67. The van der Waals surface area contributed by atoms with E-state index < -0.39 is 0 Å². The van der Waals surface area contributed by atoms with Crippen LogP contribution in [0.25, 0.3) is 22.4 Å². The van der Waals surface area contributed by atoms with Gasteiger partial charge in [0.1, 0.15) is 5.82 Å². The lowest BCUT2D eigenvalue weighted by Crippen LogP contribution is -1.96. The monoisotopic (exact) mass is 291 g/mol. The first-order valence-corrected chi connectivity index (χ1v) is 6.49. The van der Waals surface area contributed by atoms with Crippen molar-refractivity contribution in [3.8, 4) is 11.4 Å². The zero-order valence-corrected chi connectivity index (χ0v) is 11.7. The van der Waals surface area contributed by atoms with Crippen molar-refractivity contribution >= 4 is 39.9 Å². The fraction of sp³-hybridized carbons (Fsp3) is 0.0714. The number of halogens is 2. The van der Waals surface area contributed by atoms with Crippen molar-refractivity contribution in [2.75, 3.05) is 5.73 Å². The van der Waals surface area contributed by atoms with Gasteiger partial charge in [-0.2, -0.15) is 0 Å². The van der Waals surface area contributed by atoms with Gasteiger partial charge in [-0.15, -0.1) is 0 Å². The molecular weight excluding hydrogens is 281 g/mol. The fourth-order valence-electron chi connectivity index (χ4n) is 2.14. The van der Waals surface area contributed by atoms with Gasteiger partial charge in [0.25, 0.3) is 0 Å². The zero-order chi connectivity index (χ0) is 13.6. The maximum Gasteiger partial charge on any atom is 0.142 e. The van der Waals surface area contributed by atoms with Crippen LogP contribution in [0, 0.1) is 0 Å². The molecule has 1 heterocycles. The Kier molecular flexibility index (Phi) is 2.88. The first kappa shape index (κ1) is 12.3.